The van der Waals surface area contributed by atoms with Crippen molar-refractivity contribution in [1.29, 1.82) is 0 Å². The number of thiophene rings is 1. The van der Waals surface area contributed by atoms with Crippen molar-refractivity contribution in [2.45, 2.75) is 24.7 Å². The number of nitrogens with one attached hydrogen (secondary N) is 1. The van der Waals surface area contributed by atoms with Crippen molar-refractivity contribution in [1.82, 2.24) is 9.55 Å². The lowest BCUT2D eigenvalue weighted by atomic mass is 10.1. The molecule has 150 valence electrons. The molecule has 1 aliphatic rings. The van der Waals surface area contributed by atoms with Gasteiger partial charge in [0.25, 0.3) is 5.56 Å². The summed E-state index contributed by atoms with van der Waals surface area (Å²) in [5, 5.41) is 1.33. The molecule has 1 N–H and O–H groups in total. The number of benzene rings is 1. The predicted octanol–water partition coefficient (Wildman–Crippen LogP) is 2.95. The average molecular weight is 491 g/mol. The highest BCUT2D eigenvalue weighted by Gasteiger charge is 2.25. The van der Waals surface area contributed by atoms with Gasteiger partial charge in [-0.2, -0.15) is 0 Å². The molecular weight excluding hydrogens is 470 g/mol. The van der Waals surface area contributed by atoms with Crippen molar-refractivity contribution in [2.24, 2.45) is 0 Å². The maximum absolute atomic E-state index is 13.3. The molecule has 1 atom stereocenters. The Morgan fingerprint density at radius 1 is 1.41 bits per heavy atom. The van der Waals surface area contributed by atoms with E-state index in [9.17, 15) is 9.59 Å². The van der Waals surface area contributed by atoms with E-state index in [1.165, 1.54) is 21.5 Å². The zero-order valence-electron chi connectivity index (χ0n) is 16.0. The highest BCUT2D eigenvalue weighted by molar-refractivity contribution is 9.10. The lowest BCUT2D eigenvalue weighted by molar-refractivity contribution is -0.895. The third-order valence-electron chi connectivity index (χ3n) is 5.03. The molecule has 0 bridgehead atoms. The number of fused-ring (bicyclic) bond motifs is 3. The van der Waals surface area contributed by atoms with Gasteiger partial charge in [0, 0.05) is 23.0 Å². The van der Waals surface area contributed by atoms with Crippen LogP contribution in [0.2, 0.25) is 0 Å². The first-order chi connectivity index (χ1) is 14.0. The van der Waals surface area contributed by atoms with E-state index in [4.69, 9.17) is 4.98 Å². The van der Waals surface area contributed by atoms with Crippen molar-refractivity contribution in [3.63, 3.8) is 0 Å². The summed E-state index contributed by atoms with van der Waals surface area (Å²) in [5.41, 5.74) is 1.79. The zero-order chi connectivity index (χ0) is 20.5. The predicted molar refractivity (Wildman–Crippen MR) is 122 cm³/mol. The summed E-state index contributed by atoms with van der Waals surface area (Å²) >= 11 is 6.31. The number of hydrogen-bond acceptors (Lipinski definition) is 5. The first-order valence-corrected chi connectivity index (χ1v) is 12.0. The quantitative estimate of drug-likeness (QED) is 0.249. The normalized spacial score (nSPS) is 16.0. The van der Waals surface area contributed by atoms with Gasteiger partial charge in [0.15, 0.2) is 10.9 Å². The Balaban J connectivity index is 1.68. The standard InChI is InChI=1S/C21H20BrN3O2S2/c1-3-9-25-20(27)18-15-8-10-24(2)11-17(15)29-19(18)23-21(25)28-12-16(26)13-4-6-14(22)7-5-13/h3-7H,1,8-12H2,2H3/p+1. The Hall–Kier alpha value is -1.74. The second-order valence-corrected chi connectivity index (χ2v) is 10.1. The van der Waals surface area contributed by atoms with E-state index in [1.807, 2.05) is 12.1 Å². The summed E-state index contributed by atoms with van der Waals surface area (Å²) in [7, 11) is 2.17. The van der Waals surface area contributed by atoms with Crippen LogP contribution in [0, 0.1) is 0 Å². The van der Waals surface area contributed by atoms with E-state index >= 15 is 0 Å². The van der Waals surface area contributed by atoms with E-state index in [-0.39, 0.29) is 17.1 Å². The molecule has 4 rings (SSSR count). The summed E-state index contributed by atoms with van der Waals surface area (Å²) < 4.78 is 2.58. The van der Waals surface area contributed by atoms with E-state index in [0.717, 1.165) is 39.8 Å². The first-order valence-electron chi connectivity index (χ1n) is 9.36. The van der Waals surface area contributed by atoms with Crippen molar-refractivity contribution in [3.8, 4) is 0 Å². The van der Waals surface area contributed by atoms with Crippen molar-refractivity contribution >= 4 is 55.0 Å². The van der Waals surface area contributed by atoms with Gasteiger partial charge in [0.2, 0.25) is 0 Å². The molecule has 1 aliphatic heterocycles. The molecule has 0 aliphatic carbocycles. The highest BCUT2D eigenvalue weighted by Crippen LogP contribution is 2.31. The molecule has 3 heterocycles. The molecule has 3 aromatic rings. The Kier molecular flexibility index (Phi) is 6.06. The van der Waals surface area contributed by atoms with Gasteiger partial charge in [-0.15, -0.1) is 17.9 Å². The van der Waals surface area contributed by atoms with Crippen molar-refractivity contribution in [2.75, 3.05) is 19.3 Å². The lowest BCUT2D eigenvalue weighted by Gasteiger charge is -2.19. The van der Waals surface area contributed by atoms with Crippen LogP contribution in [0.5, 0.6) is 0 Å². The second kappa shape index (κ2) is 8.55. The number of hydrogen-bond donors (Lipinski definition) is 1. The molecular formula is C21H21BrN3O2S2+. The van der Waals surface area contributed by atoms with Crippen LogP contribution < -0.4 is 10.5 Å². The van der Waals surface area contributed by atoms with Crippen LogP contribution in [0.15, 0.2) is 51.3 Å². The second-order valence-electron chi connectivity index (χ2n) is 7.14. The summed E-state index contributed by atoms with van der Waals surface area (Å²) in [6.45, 7) is 6.12. The van der Waals surface area contributed by atoms with Gasteiger partial charge in [0.05, 0.1) is 29.6 Å². The van der Waals surface area contributed by atoms with Crippen LogP contribution in [0.3, 0.4) is 0 Å². The minimum absolute atomic E-state index is 0.0118. The number of carbonyl (C=O) groups is 1. The van der Waals surface area contributed by atoms with Crippen LogP contribution in [0.4, 0.5) is 0 Å². The molecule has 29 heavy (non-hydrogen) atoms. The number of Topliss-reactive ketones (excluding diaryl/α,β-unsaturated/α-hetero) is 1. The Morgan fingerprint density at radius 2 is 2.17 bits per heavy atom. The molecule has 0 spiro atoms. The fraction of sp³-hybridized carbons (Fsp3) is 0.286. The monoisotopic (exact) mass is 490 g/mol. The summed E-state index contributed by atoms with van der Waals surface area (Å²) in [6, 6.07) is 7.30. The van der Waals surface area contributed by atoms with Gasteiger partial charge in [-0.3, -0.25) is 14.2 Å². The highest BCUT2D eigenvalue weighted by atomic mass is 79.9. The van der Waals surface area contributed by atoms with Gasteiger partial charge < -0.3 is 4.90 Å². The third kappa shape index (κ3) is 4.12. The van der Waals surface area contributed by atoms with E-state index < -0.39 is 0 Å². The number of thioether (sulfide) groups is 1. The van der Waals surface area contributed by atoms with Gasteiger partial charge in [-0.25, -0.2) is 4.98 Å². The van der Waals surface area contributed by atoms with Gasteiger partial charge in [0.1, 0.15) is 11.4 Å². The number of likely N-dealkylation sites (N-methyl/N-ethyl adjacent to an activating group) is 1. The van der Waals surface area contributed by atoms with Crippen LogP contribution >= 0.6 is 39.0 Å². The van der Waals surface area contributed by atoms with Gasteiger partial charge >= 0.3 is 0 Å². The van der Waals surface area contributed by atoms with E-state index in [1.54, 1.807) is 34.1 Å². The maximum atomic E-state index is 13.3. The van der Waals surface area contributed by atoms with Crippen molar-refractivity contribution in [3.05, 3.63) is 67.8 Å². The molecule has 0 amide bonds. The lowest BCUT2D eigenvalue weighted by Crippen LogP contribution is -3.08. The van der Waals surface area contributed by atoms with Crippen molar-refractivity contribution < 1.29 is 9.69 Å². The Morgan fingerprint density at radius 3 is 2.90 bits per heavy atom. The number of halogens is 1. The number of ketones is 1. The molecule has 1 unspecified atom stereocenters. The number of carbonyl (C=O) groups excluding carboxylic acids is 1. The first kappa shape index (κ1) is 20.5. The number of rotatable bonds is 6. The minimum Gasteiger partial charge on any atom is -0.333 e. The van der Waals surface area contributed by atoms with Gasteiger partial charge in [-0.1, -0.05) is 45.9 Å². The summed E-state index contributed by atoms with van der Waals surface area (Å²) in [4.78, 5) is 34.1. The molecule has 1 aromatic carbocycles. The smallest absolute Gasteiger partial charge is 0.263 e. The van der Waals surface area contributed by atoms with E-state index in [2.05, 4.69) is 29.6 Å². The minimum atomic E-state index is -0.0226. The molecule has 0 saturated carbocycles. The van der Waals surface area contributed by atoms with Crippen LogP contribution in [-0.2, 0) is 19.5 Å². The molecule has 0 radical (unpaired) electrons. The fourth-order valence-corrected chi connectivity index (χ4v) is 6.07. The van der Waals surface area contributed by atoms with Crippen LogP contribution in [0.25, 0.3) is 10.2 Å². The Bertz CT molecular complexity index is 1150. The molecule has 0 saturated heterocycles. The zero-order valence-corrected chi connectivity index (χ0v) is 19.3. The SMILES string of the molecule is C=CCn1c(SCC(=O)c2ccc(Br)cc2)nc2sc3c(c2c1=O)CC[NH+](C)C3. The van der Waals surface area contributed by atoms with Crippen LogP contribution in [0.1, 0.15) is 20.8 Å². The number of nitrogens with zero attached hydrogens (tertiary/aromatic N) is 2. The summed E-state index contributed by atoms with van der Waals surface area (Å²) in [6.07, 6.45) is 2.60. The summed E-state index contributed by atoms with van der Waals surface area (Å²) in [5.74, 6) is 0.243. The molecule has 2 aromatic heterocycles. The maximum Gasteiger partial charge on any atom is 0.263 e. The fourth-order valence-electron chi connectivity index (χ4n) is 3.52. The topological polar surface area (TPSA) is 56.4 Å². The molecule has 8 heteroatoms. The average Bonchev–Trinajstić information content (AvgIpc) is 3.06. The van der Waals surface area contributed by atoms with Crippen LogP contribution in [-0.4, -0.2) is 34.7 Å². The molecule has 0 fully saturated rings. The number of aromatic nitrogens is 2. The third-order valence-corrected chi connectivity index (χ3v) is 7.66. The van der Waals surface area contributed by atoms with E-state index in [0.29, 0.717) is 17.3 Å². The Labute approximate surface area is 185 Å². The number of quaternary nitrogens is 1. The largest absolute Gasteiger partial charge is 0.333 e. The molecule has 5 nitrogen and oxygen atoms in total. The number of allylic oxidation sites excluding steroid dienone is 1. The van der Waals surface area contributed by atoms with Gasteiger partial charge in [-0.05, 0) is 17.7 Å².